The van der Waals surface area contributed by atoms with Gasteiger partial charge in [-0.25, -0.2) is 0 Å². The SMILES string of the molecule is CN(C)c1ccc([C@@H]2c3sc(=O)[nH]c3S[C@@H]3[C@@H]4C[C@@H]([C@@H]5C(=O)N(c6ccc([N+](=O)[O-])cc6)C(=O)[C@@H]45)[C@@H]23)cc1. The Morgan fingerprint density at radius 3 is 2.26 bits per heavy atom. The Kier molecular flexibility index (Phi) is 5.15. The maximum atomic E-state index is 13.8. The minimum Gasteiger partial charge on any atom is -0.378 e. The van der Waals surface area contributed by atoms with Gasteiger partial charge in [-0.2, -0.15) is 0 Å². The summed E-state index contributed by atoms with van der Waals surface area (Å²) in [6, 6.07) is 14.0. The number of thiazole rings is 1. The van der Waals surface area contributed by atoms with Gasteiger partial charge in [0.25, 0.3) is 5.69 Å². The van der Waals surface area contributed by atoms with Crippen LogP contribution >= 0.6 is 23.1 Å². The summed E-state index contributed by atoms with van der Waals surface area (Å²) in [5.74, 6) is -1.08. The predicted molar refractivity (Wildman–Crippen MR) is 145 cm³/mol. The molecule has 1 N–H and O–H groups in total. The summed E-state index contributed by atoms with van der Waals surface area (Å²) >= 11 is 2.91. The van der Waals surface area contributed by atoms with E-state index in [9.17, 15) is 24.5 Å². The smallest absolute Gasteiger partial charge is 0.305 e. The molecule has 38 heavy (non-hydrogen) atoms. The van der Waals surface area contributed by atoms with E-state index >= 15 is 0 Å². The first kappa shape index (κ1) is 23.7. The molecule has 4 aliphatic rings. The van der Waals surface area contributed by atoms with Crippen molar-refractivity contribution in [3.63, 3.8) is 0 Å². The quantitative estimate of drug-likeness (QED) is 0.297. The summed E-state index contributed by atoms with van der Waals surface area (Å²) in [5.41, 5.74) is 2.50. The fourth-order valence-corrected chi connectivity index (χ4v) is 10.2. The van der Waals surface area contributed by atoms with E-state index in [2.05, 4.69) is 29.2 Å². The number of nitrogens with one attached hydrogen (secondary N) is 1. The molecular weight excluding hydrogens is 524 g/mol. The number of carbonyl (C=O) groups is 2. The molecule has 2 aliphatic heterocycles. The molecule has 3 aromatic rings. The molecule has 2 amide bonds. The third-order valence-electron chi connectivity index (χ3n) is 8.81. The van der Waals surface area contributed by atoms with Crippen LogP contribution in [0.5, 0.6) is 0 Å². The number of hydrogen-bond acceptors (Lipinski definition) is 8. The van der Waals surface area contributed by atoms with Gasteiger partial charge in [-0.1, -0.05) is 23.5 Å². The van der Waals surface area contributed by atoms with Crippen LogP contribution in [0, 0.1) is 39.7 Å². The number of carbonyl (C=O) groups excluding carboxylic acids is 2. The lowest BCUT2D eigenvalue weighted by atomic mass is 9.68. The molecule has 2 aliphatic carbocycles. The van der Waals surface area contributed by atoms with E-state index in [0.717, 1.165) is 27.6 Å². The fourth-order valence-electron chi connectivity index (χ4n) is 7.35. The zero-order valence-electron chi connectivity index (χ0n) is 20.6. The van der Waals surface area contributed by atoms with Crippen LogP contribution in [0.2, 0.25) is 0 Å². The zero-order valence-corrected chi connectivity index (χ0v) is 22.2. The van der Waals surface area contributed by atoms with Crippen LogP contribution in [-0.4, -0.2) is 41.1 Å². The first-order chi connectivity index (χ1) is 18.2. The standard InChI is InChI=1S/C27H24N4O5S2/c1-29(2)13-5-3-12(4-6-13)18-19-16-11-17(22(19)37-24-23(18)38-27(34)28-24)21-20(16)25(32)30(26(21)33)14-7-9-15(10-8-14)31(35)36/h3-10,16-22H,11H2,1-2H3,(H,28,34)/t16-,17-,18+,19+,20+,21+,22-/m1/s1. The van der Waals surface area contributed by atoms with Crippen LogP contribution < -0.4 is 14.7 Å². The molecule has 0 unspecified atom stereocenters. The number of nitro benzene ring substituents is 1. The van der Waals surface area contributed by atoms with Crippen molar-refractivity contribution in [2.75, 3.05) is 23.9 Å². The number of aromatic amines is 1. The van der Waals surface area contributed by atoms with Gasteiger partial charge in [-0.15, -0.1) is 11.8 Å². The maximum Gasteiger partial charge on any atom is 0.305 e. The Balaban J connectivity index is 1.28. The number of aromatic nitrogens is 1. The van der Waals surface area contributed by atoms with Crippen molar-refractivity contribution < 1.29 is 14.5 Å². The first-order valence-corrected chi connectivity index (χ1v) is 14.2. The van der Waals surface area contributed by atoms with Crippen molar-refractivity contribution in [2.45, 2.75) is 22.6 Å². The van der Waals surface area contributed by atoms with Crippen molar-refractivity contribution in [1.29, 1.82) is 0 Å². The van der Waals surface area contributed by atoms with Crippen LogP contribution in [0.4, 0.5) is 17.1 Å². The van der Waals surface area contributed by atoms with E-state index in [1.165, 1.54) is 40.5 Å². The predicted octanol–water partition coefficient (Wildman–Crippen LogP) is 4.09. The number of rotatable bonds is 4. The molecule has 0 spiro atoms. The number of imide groups is 1. The van der Waals surface area contributed by atoms with Crippen molar-refractivity contribution in [1.82, 2.24) is 4.98 Å². The number of anilines is 2. The number of nitro groups is 1. The lowest BCUT2D eigenvalue weighted by Crippen LogP contribution is -2.42. The Bertz CT molecular complexity index is 1550. The fraction of sp³-hybridized carbons (Fsp3) is 0.370. The minimum absolute atomic E-state index is 0.0193. The number of H-pyrrole nitrogens is 1. The molecule has 2 saturated carbocycles. The molecule has 3 heterocycles. The summed E-state index contributed by atoms with van der Waals surface area (Å²) < 4.78 is 0. The summed E-state index contributed by atoms with van der Waals surface area (Å²) in [6.07, 6.45) is 0.814. The first-order valence-electron chi connectivity index (χ1n) is 12.5. The maximum absolute atomic E-state index is 13.8. The van der Waals surface area contributed by atoms with Crippen molar-refractivity contribution in [3.8, 4) is 0 Å². The number of non-ortho nitro benzene ring substituents is 1. The lowest BCUT2D eigenvalue weighted by molar-refractivity contribution is -0.384. The van der Waals surface area contributed by atoms with Crippen LogP contribution in [0.25, 0.3) is 0 Å². The van der Waals surface area contributed by atoms with Crippen molar-refractivity contribution >= 4 is 52.0 Å². The lowest BCUT2D eigenvalue weighted by Gasteiger charge is -2.43. The molecule has 194 valence electrons. The highest BCUT2D eigenvalue weighted by Crippen LogP contribution is 2.68. The molecule has 9 nitrogen and oxygen atoms in total. The number of hydrogen-bond donors (Lipinski definition) is 1. The van der Waals surface area contributed by atoms with E-state index in [1.807, 2.05) is 19.0 Å². The summed E-state index contributed by atoms with van der Waals surface area (Å²) in [5, 5.41) is 12.1. The molecule has 2 aromatic carbocycles. The molecule has 1 saturated heterocycles. The normalized spacial score (nSPS) is 30.8. The second kappa shape index (κ2) is 8.28. The monoisotopic (exact) mass is 548 g/mol. The Hall–Kier alpha value is -3.44. The molecule has 3 fully saturated rings. The number of thioether (sulfide) groups is 1. The van der Waals surface area contributed by atoms with E-state index in [0.29, 0.717) is 5.69 Å². The summed E-state index contributed by atoms with van der Waals surface area (Å²) in [4.78, 5) is 57.8. The van der Waals surface area contributed by atoms with Gasteiger partial charge in [0, 0.05) is 48.0 Å². The topological polar surface area (TPSA) is 117 Å². The third-order valence-corrected chi connectivity index (χ3v) is 11.4. The van der Waals surface area contributed by atoms with E-state index in [-0.39, 0.29) is 51.3 Å². The summed E-state index contributed by atoms with van der Waals surface area (Å²) in [7, 11) is 3.99. The average Bonchev–Trinajstić information content (AvgIpc) is 3.63. The van der Waals surface area contributed by atoms with Gasteiger partial charge in [0.05, 0.1) is 27.5 Å². The van der Waals surface area contributed by atoms with Gasteiger partial charge in [0.15, 0.2) is 0 Å². The highest BCUT2D eigenvalue weighted by atomic mass is 32.2. The van der Waals surface area contributed by atoms with E-state index in [4.69, 9.17) is 0 Å². The Morgan fingerprint density at radius 2 is 1.63 bits per heavy atom. The van der Waals surface area contributed by atoms with Gasteiger partial charge < -0.3 is 9.88 Å². The van der Waals surface area contributed by atoms with E-state index in [1.54, 1.807) is 11.8 Å². The highest BCUT2D eigenvalue weighted by molar-refractivity contribution is 8.00. The largest absolute Gasteiger partial charge is 0.378 e. The van der Waals surface area contributed by atoms with Crippen LogP contribution in [0.3, 0.4) is 0 Å². The van der Waals surface area contributed by atoms with Gasteiger partial charge in [-0.05, 0) is 54.0 Å². The van der Waals surface area contributed by atoms with Crippen LogP contribution in [0.15, 0.2) is 58.4 Å². The zero-order chi connectivity index (χ0) is 26.5. The van der Waals surface area contributed by atoms with Gasteiger partial charge in [0.2, 0.25) is 11.8 Å². The molecule has 11 heteroatoms. The molecule has 0 radical (unpaired) electrons. The van der Waals surface area contributed by atoms with Gasteiger partial charge in [-0.3, -0.25) is 29.4 Å². The average molecular weight is 549 g/mol. The minimum atomic E-state index is -0.498. The van der Waals surface area contributed by atoms with Crippen LogP contribution in [0.1, 0.15) is 22.8 Å². The Morgan fingerprint density at radius 1 is 0.974 bits per heavy atom. The number of amides is 2. The second-order valence-corrected chi connectivity index (χ2v) is 12.9. The van der Waals surface area contributed by atoms with Crippen LogP contribution in [-0.2, 0) is 9.59 Å². The molecule has 1 aromatic heterocycles. The molecular formula is C27H24N4O5S2. The number of benzene rings is 2. The number of nitrogens with zero attached hydrogens (tertiary/aromatic N) is 3. The molecule has 7 atom stereocenters. The summed E-state index contributed by atoms with van der Waals surface area (Å²) in [6.45, 7) is 0. The third kappa shape index (κ3) is 3.21. The van der Waals surface area contributed by atoms with Crippen molar-refractivity contribution in [2.24, 2.45) is 29.6 Å². The van der Waals surface area contributed by atoms with Gasteiger partial charge >= 0.3 is 4.87 Å². The highest BCUT2D eigenvalue weighted by Gasteiger charge is 2.69. The van der Waals surface area contributed by atoms with Crippen molar-refractivity contribution in [3.05, 3.63) is 78.8 Å². The number of fused-ring (bicyclic) bond motifs is 9. The Labute approximate surface area is 226 Å². The van der Waals surface area contributed by atoms with E-state index < -0.39 is 16.8 Å². The molecule has 2 bridgehead atoms. The second-order valence-electron chi connectivity index (χ2n) is 10.7. The molecule has 7 rings (SSSR count). The van der Waals surface area contributed by atoms with Gasteiger partial charge in [0.1, 0.15) is 0 Å².